The first-order valence-electron chi connectivity index (χ1n) is 7.38. The van der Waals surface area contributed by atoms with Crippen LogP contribution in [0.4, 0.5) is 0 Å². The lowest BCUT2D eigenvalue weighted by molar-refractivity contribution is 0.103. The predicted molar refractivity (Wildman–Crippen MR) is 84.8 cm³/mol. The Hall–Kier alpha value is -2.53. The van der Waals surface area contributed by atoms with E-state index in [1.165, 1.54) is 0 Å². The number of benzene rings is 2. The molecule has 0 radical (unpaired) electrons. The zero-order valence-electron chi connectivity index (χ0n) is 12.0. The molecule has 1 aliphatic carbocycles. The molecule has 1 heterocycles. The van der Waals surface area contributed by atoms with Crippen LogP contribution in [-0.4, -0.2) is 27.4 Å². The Morgan fingerprint density at radius 1 is 1.14 bits per heavy atom. The summed E-state index contributed by atoms with van der Waals surface area (Å²) in [5.41, 5.74) is 8.80. The number of phenols is 1. The minimum atomic E-state index is 0.183. The van der Waals surface area contributed by atoms with E-state index in [1.54, 1.807) is 18.3 Å². The number of phenolic OH excluding ortho intramolecular Hbond substituents is 1. The maximum absolute atomic E-state index is 9.43. The van der Waals surface area contributed by atoms with E-state index in [4.69, 9.17) is 10.5 Å². The van der Waals surface area contributed by atoms with Crippen molar-refractivity contribution >= 4 is 10.9 Å². The molecular formula is C17H17N3O2. The van der Waals surface area contributed by atoms with Crippen LogP contribution in [-0.2, 0) is 0 Å². The van der Waals surface area contributed by atoms with Crippen molar-refractivity contribution in [2.75, 3.05) is 0 Å². The Kier molecular flexibility index (Phi) is 3.01. The Balaban J connectivity index is 1.74. The summed E-state index contributed by atoms with van der Waals surface area (Å²) in [6.45, 7) is 0. The molecule has 5 nitrogen and oxygen atoms in total. The third-order valence-corrected chi connectivity index (χ3v) is 4.15. The van der Waals surface area contributed by atoms with Crippen molar-refractivity contribution in [1.82, 2.24) is 10.2 Å². The maximum Gasteiger partial charge on any atom is 0.131 e. The van der Waals surface area contributed by atoms with E-state index in [2.05, 4.69) is 10.2 Å². The monoisotopic (exact) mass is 295 g/mol. The predicted octanol–water partition coefficient (Wildman–Crippen LogP) is 2.80. The Morgan fingerprint density at radius 2 is 1.91 bits per heavy atom. The van der Waals surface area contributed by atoms with Gasteiger partial charge in [-0.2, -0.15) is 5.10 Å². The largest absolute Gasteiger partial charge is 0.508 e. The zero-order chi connectivity index (χ0) is 15.1. The summed E-state index contributed by atoms with van der Waals surface area (Å²) in [7, 11) is 0. The quantitative estimate of drug-likeness (QED) is 0.693. The van der Waals surface area contributed by atoms with E-state index in [0.717, 1.165) is 40.6 Å². The molecule has 1 saturated carbocycles. The van der Waals surface area contributed by atoms with E-state index < -0.39 is 0 Å². The van der Waals surface area contributed by atoms with Gasteiger partial charge >= 0.3 is 0 Å². The first-order chi connectivity index (χ1) is 10.7. The maximum atomic E-state index is 9.43. The Morgan fingerprint density at radius 3 is 2.64 bits per heavy atom. The van der Waals surface area contributed by atoms with Crippen molar-refractivity contribution in [2.24, 2.45) is 5.73 Å². The number of aromatic nitrogens is 2. The van der Waals surface area contributed by atoms with Crippen LogP contribution < -0.4 is 10.5 Å². The first kappa shape index (κ1) is 13.2. The van der Waals surface area contributed by atoms with Crippen LogP contribution in [0.15, 0.2) is 42.6 Å². The molecule has 0 unspecified atom stereocenters. The van der Waals surface area contributed by atoms with Crippen LogP contribution in [0.5, 0.6) is 11.5 Å². The van der Waals surface area contributed by atoms with Gasteiger partial charge in [-0.15, -0.1) is 0 Å². The van der Waals surface area contributed by atoms with Crippen molar-refractivity contribution in [3.8, 4) is 22.6 Å². The summed E-state index contributed by atoms with van der Waals surface area (Å²) in [5, 5.41) is 17.5. The molecule has 0 aliphatic heterocycles. The fraction of sp³-hybridized carbons (Fsp3) is 0.235. The normalized spacial score (nSPS) is 20.8. The molecule has 1 aliphatic rings. The fourth-order valence-corrected chi connectivity index (χ4v) is 2.82. The highest BCUT2D eigenvalue weighted by Crippen LogP contribution is 2.34. The SMILES string of the molecule is N[C@H]1C[C@H](Oc2cc(-c3ccc(O)cc3)cc3[nH]ncc23)C1. The minimum absolute atomic E-state index is 0.183. The summed E-state index contributed by atoms with van der Waals surface area (Å²) in [6, 6.07) is 11.4. The third kappa shape index (κ3) is 2.29. The first-order valence-corrected chi connectivity index (χ1v) is 7.38. The number of nitrogens with one attached hydrogen (secondary N) is 1. The molecule has 0 atom stereocenters. The van der Waals surface area contributed by atoms with Crippen LogP contribution in [0.1, 0.15) is 12.8 Å². The average molecular weight is 295 g/mol. The number of hydrogen-bond donors (Lipinski definition) is 3. The molecule has 0 saturated heterocycles. The van der Waals surface area contributed by atoms with Crippen LogP contribution in [0.3, 0.4) is 0 Å². The van der Waals surface area contributed by atoms with Gasteiger partial charge in [0.15, 0.2) is 0 Å². The van der Waals surface area contributed by atoms with Gasteiger partial charge < -0.3 is 15.6 Å². The second-order valence-electron chi connectivity index (χ2n) is 5.82. The molecule has 1 fully saturated rings. The molecular weight excluding hydrogens is 278 g/mol. The molecule has 22 heavy (non-hydrogen) atoms. The molecule has 0 bridgehead atoms. The van der Waals surface area contributed by atoms with Crippen molar-refractivity contribution in [1.29, 1.82) is 0 Å². The number of ether oxygens (including phenoxy) is 1. The van der Waals surface area contributed by atoms with Gasteiger partial charge in [-0.3, -0.25) is 5.10 Å². The standard InChI is InChI=1S/C17H17N3O2/c18-12-7-14(8-12)22-17-6-11(5-16-15(17)9-19-20-16)10-1-3-13(21)4-2-10/h1-6,9,12,14,21H,7-8,18H2,(H,19,20)/t12-,14-. The molecule has 2 aromatic carbocycles. The second kappa shape index (κ2) is 5.03. The van der Waals surface area contributed by atoms with Gasteiger partial charge in [-0.25, -0.2) is 0 Å². The van der Waals surface area contributed by atoms with E-state index in [0.29, 0.717) is 0 Å². The van der Waals surface area contributed by atoms with Gasteiger partial charge in [0, 0.05) is 6.04 Å². The van der Waals surface area contributed by atoms with Crippen molar-refractivity contribution in [3.05, 3.63) is 42.6 Å². The minimum Gasteiger partial charge on any atom is -0.508 e. The van der Waals surface area contributed by atoms with Gasteiger partial charge in [0.05, 0.1) is 17.1 Å². The van der Waals surface area contributed by atoms with Crippen molar-refractivity contribution in [3.63, 3.8) is 0 Å². The molecule has 0 spiro atoms. The van der Waals surface area contributed by atoms with E-state index in [1.807, 2.05) is 24.3 Å². The Bertz CT molecular complexity index is 804. The second-order valence-corrected chi connectivity index (χ2v) is 5.82. The average Bonchev–Trinajstić information content (AvgIpc) is 2.95. The number of aromatic hydroxyl groups is 1. The molecule has 1 aromatic heterocycles. The van der Waals surface area contributed by atoms with Crippen molar-refractivity contribution < 1.29 is 9.84 Å². The van der Waals surface area contributed by atoms with E-state index in [9.17, 15) is 5.11 Å². The van der Waals surface area contributed by atoms with Gasteiger partial charge in [0.1, 0.15) is 17.6 Å². The number of H-pyrrole nitrogens is 1. The van der Waals surface area contributed by atoms with Gasteiger partial charge in [0.25, 0.3) is 0 Å². The number of nitrogens with zero attached hydrogens (tertiary/aromatic N) is 1. The van der Waals surface area contributed by atoms with Crippen LogP contribution in [0, 0.1) is 0 Å². The highest BCUT2D eigenvalue weighted by atomic mass is 16.5. The van der Waals surface area contributed by atoms with Crippen LogP contribution in [0.25, 0.3) is 22.0 Å². The lowest BCUT2D eigenvalue weighted by atomic mass is 9.90. The number of nitrogens with two attached hydrogens (primary N) is 1. The molecule has 0 amide bonds. The molecule has 3 aromatic rings. The summed E-state index contributed by atoms with van der Waals surface area (Å²) in [6.07, 6.45) is 3.75. The summed E-state index contributed by atoms with van der Waals surface area (Å²) in [5.74, 6) is 1.08. The molecule has 4 rings (SSSR count). The van der Waals surface area contributed by atoms with E-state index >= 15 is 0 Å². The smallest absolute Gasteiger partial charge is 0.131 e. The highest BCUT2D eigenvalue weighted by Gasteiger charge is 2.28. The lowest BCUT2D eigenvalue weighted by Crippen LogP contribution is -2.43. The van der Waals surface area contributed by atoms with Crippen LogP contribution >= 0.6 is 0 Å². The number of fused-ring (bicyclic) bond motifs is 1. The van der Waals surface area contributed by atoms with E-state index in [-0.39, 0.29) is 17.9 Å². The number of rotatable bonds is 3. The van der Waals surface area contributed by atoms with Crippen molar-refractivity contribution in [2.45, 2.75) is 25.0 Å². The Labute approximate surface area is 127 Å². The molecule has 4 N–H and O–H groups in total. The summed E-state index contributed by atoms with van der Waals surface area (Å²) >= 11 is 0. The lowest BCUT2D eigenvalue weighted by Gasteiger charge is -2.32. The highest BCUT2D eigenvalue weighted by molar-refractivity contribution is 5.89. The topological polar surface area (TPSA) is 84.2 Å². The van der Waals surface area contributed by atoms with Crippen LogP contribution in [0.2, 0.25) is 0 Å². The summed E-state index contributed by atoms with van der Waals surface area (Å²) in [4.78, 5) is 0. The van der Waals surface area contributed by atoms with Gasteiger partial charge in [-0.1, -0.05) is 12.1 Å². The molecule has 112 valence electrons. The van der Waals surface area contributed by atoms with Gasteiger partial charge in [0.2, 0.25) is 0 Å². The third-order valence-electron chi connectivity index (χ3n) is 4.15. The summed E-state index contributed by atoms with van der Waals surface area (Å²) < 4.78 is 6.09. The number of aromatic amines is 1. The van der Waals surface area contributed by atoms with Gasteiger partial charge in [-0.05, 0) is 48.2 Å². The number of hydrogen-bond acceptors (Lipinski definition) is 4. The molecule has 5 heteroatoms. The fourth-order valence-electron chi connectivity index (χ4n) is 2.82. The zero-order valence-corrected chi connectivity index (χ0v) is 12.0.